The summed E-state index contributed by atoms with van der Waals surface area (Å²) in [7, 11) is 0. The van der Waals surface area contributed by atoms with Crippen LogP contribution in [0, 0.1) is 5.82 Å². The van der Waals surface area contributed by atoms with Crippen LogP contribution in [-0.4, -0.2) is 92.2 Å². The SMILES string of the molecule is O=C1C(c2ccc(F)cc2)=C(N2CCOCC2)C(=O)N1CCCN1CCOCC1. The molecule has 7 nitrogen and oxygen atoms in total. The maximum absolute atomic E-state index is 13.4. The van der Waals surface area contributed by atoms with Crippen LogP contribution in [0.3, 0.4) is 0 Å². The zero-order valence-electron chi connectivity index (χ0n) is 16.4. The number of halogens is 1. The van der Waals surface area contributed by atoms with Gasteiger partial charge in [-0.3, -0.25) is 19.4 Å². The number of hydrogen-bond donors (Lipinski definition) is 0. The van der Waals surface area contributed by atoms with E-state index in [9.17, 15) is 14.0 Å². The first-order chi connectivity index (χ1) is 14.1. The summed E-state index contributed by atoms with van der Waals surface area (Å²) in [5, 5.41) is 0. The van der Waals surface area contributed by atoms with Crippen LogP contribution in [-0.2, 0) is 19.1 Å². The highest BCUT2D eigenvalue weighted by atomic mass is 19.1. The molecule has 2 saturated heterocycles. The van der Waals surface area contributed by atoms with Gasteiger partial charge in [0.05, 0.1) is 32.0 Å². The third-order valence-electron chi connectivity index (χ3n) is 5.56. The second-order valence-corrected chi connectivity index (χ2v) is 7.40. The molecule has 0 N–H and O–H groups in total. The highest BCUT2D eigenvalue weighted by Crippen LogP contribution is 2.32. The van der Waals surface area contributed by atoms with Crippen LogP contribution in [0.4, 0.5) is 4.39 Å². The van der Waals surface area contributed by atoms with Crippen molar-refractivity contribution in [1.82, 2.24) is 14.7 Å². The largest absolute Gasteiger partial charge is 0.379 e. The molecule has 156 valence electrons. The normalized spacial score (nSPS) is 21.4. The summed E-state index contributed by atoms with van der Waals surface area (Å²) in [4.78, 5) is 31.9. The van der Waals surface area contributed by atoms with E-state index >= 15 is 0 Å². The number of carbonyl (C=O) groups is 2. The molecule has 1 aromatic rings. The molecule has 2 fully saturated rings. The van der Waals surface area contributed by atoms with Gasteiger partial charge in [0.1, 0.15) is 11.5 Å². The number of amides is 2. The van der Waals surface area contributed by atoms with Crippen molar-refractivity contribution in [2.75, 3.05) is 65.7 Å². The average Bonchev–Trinajstić information content (AvgIpc) is 3.00. The molecule has 0 spiro atoms. The highest BCUT2D eigenvalue weighted by Gasteiger charge is 2.41. The molecule has 0 bridgehead atoms. The molecule has 1 aromatic carbocycles. The number of hydrogen-bond acceptors (Lipinski definition) is 6. The van der Waals surface area contributed by atoms with E-state index in [1.807, 2.05) is 4.90 Å². The van der Waals surface area contributed by atoms with Crippen molar-refractivity contribution in [1.29, 1.82) is 0 Å². The first kappa shape index (κ1) is 20.0. The van der Waals surface area contributed by atoms with E-state index in [4.69, 9.17) is 9.47 Å². The summed E-state index contributed by atoms with van der Waals surface area (Å²) >= 11 is 0. The molecular formula is C21H26FN3O4. The average molecular weight is 403 g/mol. The molecule has 0 unspecified atom stereocenters. The van der Waals surface area contributed by atoms with Crippen molar-refractivity contribution in [3.05, 3.63) is 41.3 Å². The molecule has 3 aliphatic heterocycles. The van der Waals surface area contributed by atoms with Gasteiger partial charge in [0.15, 0.2) is 0 Å². The Bertz CT molecular complexity index is 784. The van der Waals surface area contributed by atoms with E-state index in [-0.39, 0.29) is 17.6 Å². The lowest BCUT2D eigenvalue weighted by molar-refractivity contribution is -0.138. The molecule has 0 saturated carbocycles. The van der Waals surface area contributed by atoms with Gasteiger partial charge < -0.3 is 14.4 Å². The molecule has 29 heavy (non-hydrogen) atoms. The predicted molar refractivity (Wildman–Crippen MR) is 104 cm³/mol. The van der Waals surface area contributed by atoms with Crippen LogP contribution in [0.25, 0.3) is 5.57 Å². The quantitative estimate of drug-likeness (QED) is 0.660. The maximum Gasteiger partial charge on any atom is 0.277 e. The van der Waals surface area contributed by atoms with E-state index in [0.717, 1.165) is 32.8 Å². The molecule has 3 aliphatic rings. The Balaban J connectivity index is 1.53. The fourth-order valence-electron chi connectivity index (χ4n) is 4.00. The Kier molecular flexibility index (Phi) is 6.22. The van der Waals surface area contributed by atoms with Crippen LogP contribution in [0.5, 0.6) is 0 Å². The molecule has 0 atom stereocenters. The smallest absolute Gasteiger partial charge is 0.277 e. The van der Waals surface area contributed by atoms with Crippen LogP contribution in [0.2, 0.25) is 0 Å². The Labute approximate surface area is 169 Å². The van der Waals surface area contributed by atoms with Gasteiger partial charge in [0.25, 0.3) is 11.8 Å². The van der Waals surface area contributed by atoms with Gasteiger partial charge in [-0.05, 0) is 24.1 Å². The van der Waals surface area contributed by atoms with E-state index in [2.05, 4.69) is 4.90 Å². The summed E-state index contributed by atoms with van der Waals surface area (Å²) < 4.78 is 24.2. The molecule has 0 radical (unpaired) electrons. The standard InChI is InChI=1S/C21H26FN3O4/c22-17-4-2-16(3-5-17)18-19(24-10-14-29-15-11-24)21(27)25(20(18)26)7-1-6-23-8-12-28-13-9-23/h2-5H,1,6-15H2. The number of nitrogens with zero attached hydrogens (tertiary/aromatic N) is 3. The number of rotatable bonds is 6. The van der Waals surface area contributed by atoms with Crippen molar-refractivity contribution in [2.45, 2.75) is 6.42 Å². The number of imide groups is 1. The van der Waals surface area contributed by atoms with Gasteiger partial charge in [-0.1, -0.05) is 12.1 Å². The van der Waals surface area contributed by atoms with E-state index < -0.39 is 0 Å². The van der Waals surface area contributed by atoms with Gasteiger partial charge in [-0.25, -0.2) is 4.39 Å². The summed E-state index contributed by atoms with van der Waals surface area (Å²) in [6.07, 6.45) is 0.713. The maximum atomic E-state index is 13.4. The summed E-state index contributed by atoms with van der Waals surface area (Å²) in [5.41, 5.74) is 1.35. The van der Waals surface area contributed by atoms with Crippen molar-refractivity contribution in [3.63, 3.8) is 0 Å². The fourth-order valence-corrected chi connectivity index (χ4v) is 4.00. The number of morpholine rings is 2. The minimum Gasteiger partial charge on any atom is -0.379 e. The summed E-state index contributed by atoms with van der Waals surface area (Å²) in [6, 6.07) is 5.76. The molecule has 3 heterocycles. The van der Waals surface area contributed by atoms with Gasteiger partial charge in [0.2, 0.25) is 0 Å². The molecule has 0 aromatic heterocycles. The van der Waals surface area contributed by atoms with Crippen molar-refractivity contribution >= 4 is 17.4 Å². The minimum atomic E-state index is -0.374. The van der Waals surface area contributed by atoms with E-state index in [1.165, 1.54) is 17.0 Å². The first-order valence-electron chi connectivity index (χ1n) is 10.1. The van der Waals surface area contributed by atoms with Gasteiger partial charge >= 0.3 is 0 Å². The predicted octanol–water partition coefficient (Wildman–Crippen LogP) is 0.960. The Morgan fingerprint density at radius 1 is 0.828 bits per heavy atom. The van der Waals surface area contributed by atoms with Crippen molar-refractivity contribution in [3.8, 4) is 0 Å². The third-order valence-corrected chi connectivity index (χ3v) is 5.56. The molecular weight excluding hydrogens is 377 g/mol. The van der Waals surface area contributed by atoms with E-state index in [0.29, 0.717) is 56.1 Å². The van der Waals surface area contributed by atoms with Crippen molar-refractivity contribution in [2.24, 2.45) is 0 Å². The van der Waals surface area contributed by atoms with Crippen molar-refractivity contribution < 1.29 is 23.5 Å². The van der Waals surface area contributed by atoms with Crippen LogP contribution < -0.4 is 0 Å². The highest BCUT2D eigenvalue weighted by molar-refractivity contribution is 6.35. The number of benzene rings is 1. The monoisotopic (exact) mass is 403 g/mol. The fraction of sp³-hybridized carbons (Fsp3) is 0.524. The molecule has 8 heteroatoms. The Morgan fingerprint density at radius 3 is 2.10 bits per heavy atom. The first-order valence-corrected chi connectivity index (χ1v) is 10.1. The number of carbonyl (C=O) groups excluding carboxylic acids is 2. The lowest BCUT2D eigenvalue weighted by atomic mass is 10.0. The van der Waals surface area contributed by atoms with Gasteiger partial charge in [-0.2, -0.15) is 0 Å². The lowest BCUT2D eigenvalue weighted by Crippen LogP contribution is -2.41. The number of ether oxygens (including phenoxy) is 2. The van der Waals surface area contributed by atoms with Crippen LogP contribution >= 0.6 is 0 Å². The lowest BCUT2D eigenvalue weighted by Gasteiger charge is -2.30. The zero-order valence-corrected chi connectivity index (χ0v) is 16.4. The topological polar surface area (TPSA) is 62.3 Å². The molecule has 4 rings (SSSR count). The summed E-state index contributed by atoms with van der Waals surface area (Å²) in [5.74, 6) is -0.940. The minimum absolute atomic E-state index is 0.266. The second-order valence-electron chi connectivity index (χ2n) is 7.40. The van der Waals surface area contributed by atoms with Gasteiger partial charge in [0, 0.05) is 39.3 Å². The summed E-state index contributed by atoms with van der Waals surface area (Å²) in [6.45, 7) is 6.52. The molecule has 0 aliphatic carbocycles. The second kappa shape index (κ2) is 9.02. The Morgan fingerprint density at radius 2 is 1.45 bits per heavy atom. The van der Waals surface area contributed by atoms with Gasteiger partial charge in [-0.15, -0.1) is 0 Å². The zero-order chi connectivity index (χ0) is 20.2. The third kappa shape index (κ3) is 4.34. The van der Waals surface area contributed by atoms with Crippen LogP contribution in [0.1, 0.15) is 12.0 Å². The molecule has 2 amide bonds. The Hall–Kier alpha value is -2.29. The van der Waals surface area contributed by atoms with E-state index in [1.54, 1.807) is 12.1 Å². The van der Waals surface area contributed by atoms with Crippen LogP contribution in [0.15, 0.2) is 30.0 Å².